The Morgan fingerprint density at radius 2 is 1.71 bits per heavy atom. The van der Waals surface area contributed by atoms with E-state index < -0.39 is 0 Å². The topological polar surface area (TPSA) is 18.5 Å². The molecular formula is C15H12O2. The molecular weight excluding hydrogens is 212 g/mol. The summed E-state index contributed by atoms with van der Waals surface area (Å²) in [4.78, 5) is 0. The van der Waals surface area contributed by atoms with Crippen LogP contribution in [0.1, 0.15) is 5.56 Å². The van der Waals surface area contributed by atoms with Crippen LogP contribution in [0.25, 0.3) is 12.7 Å². The summed E-state index contributed by atoms with van der Waals surface area (Å²) in [5.41, 5.74) is 1.15. The first-order chi connectivity index (χ1) is 8.33. The maximum absolute atomic E-state index is 5.36. The minimum Gasteiger partial charge on any atom is -0.454 e. The lowest BCUT2D eigenvalue weighted by molar-refractivity contribution is 0.174. The molecule has 84 valence electrons. The van der Waals surface area contributed by atoms with Crippen LogP contribution in [0.4, 0.5) is 0 Å². The molecule has 0 fully saturated rings. The van der Waals surface area contributed by atoms with Crippen molar-refractivity contribution in [2.24, 2.45) is 0 Å². The zero-order valence-electron chi connectivity index (χ0n) is 9.35. The predicted molar refractivity (Wildman–Crippen MR) is 67.3 cm³/mol. The molecule has 2 aromatic rings. The van der Waals surface area contributed by atoms with Gasteiger partial charge < -0.3 is 9.47 Å². The fourth-order valence-corrected chi connectivity index (χ4v) is 1.86. The Balaban J connectivity index is 2.16. The van der Waals surface area contributed by atoms with Gasteiger partial charge in [-0.25, -0.2) is 0 Å². The van der Waals surface area contributed by atoms with Crippen LogP contribution in [0.5, 0.6) is 11.5 Å². The van der Waals surface area contributed by atoms with Gasteiger partial charge in [-0.15, -0.1) is 0 Å². The van der Waals surface area contributed by atoms with Crippen molar-refractivity contribution in [2.75, 3.05) is 6.79 Å². The van der Waals surface area contributed by atoms with Crippen LogP contribution in [0, 0.1) is 0 Å². The quantitative estimate of drug-likeness (QED) is 0.733. The SMILES string of the molecule is C=c1cc2c(c/c1=C\c1ccccc1)OCO2. The van der Waals surface area contributed by atoms with E-state index in [2.05, 4.69) is 24.8 Å². The first kappa shape index (κ1) is 9.97. The van der Waals surface area contributed by atoms with Crippen molar-refractivity contribution < 1.29 is 9.47 Å². The van der Waals surface area contributed by atoms with Crippen molar-refractivity contribution in [3.63, 3.8) is 0 Å². The van der Waals surface area contributed by atoms with E-state index in [1.165, 1.54) is 0 Å². The maximum Gasteiger partial charge on any atom is 0.231 e. The van der Waals surface area contributed by atoms with Crippen molar-refractivity contribution in [1.82, 2.24) is 0 Å². The van der Waals surface area contributed by atoms with Crippen LogP contribution in [0.3, 0.4) is 0 Å². The summed E-state index contributed by atoms with van der Waals surface area (Å²) in [6.45, 7) is 4.32. The molecule has 0 unspecified atom stereocenters. The molecule has 0 aliphatic carbocycles. The van der Waals surface area contributed by atoms with Crippen LogP contribution >= 0.6 is 0 Å². The van der Waals surface area contributed by atoms with Gasteiger partial charge in [0.2, 0.25) is 6.79 Å². The van der Waals surface area contributed by atoms with Crippen molar-refractivity contribution in [3.8, 4) is 11.5 Å². The van der Waals surface area contributed by atoms with E-state index in [4.69, 9.17) is 9.47 Å². The molecule has 0 atom stereocenters. The molecule has 0 spiro atoms. The number of fused-ring (bicyclic) bond motifs is 1. The van der Waals surface area contributed by atoms with E-state index in [0.717, 1.165) is 27.5 Å². The smallest absolute Gasteiger partial charge is 0.231 e. The van der Waals surface area contributed by atoms with Gasteiger partial charge in [-0.05, 0) is 34.2 Å². The summed E-state index contributed by atoms with van der Waals surface area (Å²) >= 11 is 0. The fourth-order valence-electron chi connectivity index (χ4n) is 1.86. The molecule has 2 heteroatoms. The Bertz CT molecular complexity index is 645. The monoisotopic (exact) mass is 224 g/mol. The molecule has 0 aromatic heterocycles. The van der Waals surface area contributed by atoms with Gasteiger partial charge in [-0.2, -0.15) is 0 Å². The molecule has 2 aromatic carbocycles. The standard InChI is InChI=1S/C15H12O2/c1-11-7-14-15(17-10-16-14)9-13(11)8-12-5-3-2-4-6-12/h2-9H,1,10H2/b13-8+. The third kappa shape index (κ3) is 1.89. The second-order valence-corrected chi connectivity index (χ2v) is 3.96. The highest BCUT2D eigenvalue weighted by Gasteiger charge is 2.11. The molecule has 0 saturated carbocycles. The normalized spacial score (nSPS) is 14.0. The lowest BCUT2D eigenvalue weighted by atomic mass is 10.1. The largest absolute Gasteiger partial charge is 0.454 e. The Morgan fingerprint density at radius 3 is 2.47 bits per heavy atom. The maximum atomic E-state index is 5.36. The van der Waals surface area contributed by atoms with Crippen LogP contribution < -0.4 is 19.9 Å². The number of hydrogen-bond acceptors (Lipinski definition) is 2. The summed E-state index contributed by atoms with van der Waals surface area (Å²) in [6, 6.07) is 14.0. The molecule has 1 aliphatic heterocycles. The summed E-state index contributed by atoms with van der Waals surface area (Å²) in [7, 11) is 0. The summed E-state index contributed by atoms with van der Waals surface area (Å²) in [5, 5.41) is 2.00. The number of ether oxygens (including phenoxy) is 2. The van der Waals surface area contributed by atoms with E-state index in [1.807, 2.05) is 30.3 Å². The minimum absolute atomic E-state index is 0.295. The van der Waals surface area contributed by atoms with E-state index in [0.29, 0.717) is 6.79 Å². The Kier molecular flexibility index (Phi) is 2.33. The second-order valence-electron chi connectivity index (χ2n) is 3.96. The first-order valence-electron chi connectivity index (χ1n) is 5.48. The highest BCUT2D eigenvalue weighted by molar-refractivity contribution is 5.53. The summed E-state index contributed by atoms with van der Waals surface area (Å²) in [6.07, 6.45) is 2.09. The van der Waals surface area contributed by atoms with Crippen LogP contribution in [-0.2, 0) is 0 Å². The second kappa shape index (κ2) is 3.98. The predicted octanol–water partition coefficient (Wildman–Crippen LogP) is 1.65. The molecule has 0 amide bonds. The van der Waals surface area contributed by atoms with Crippen molar-refractivity contribution >= 4 is 12.7 Å². The molecule has 1 heterocycles. The highest BCUT2D eigenvalue weighted by Crippen LogP contribution is 2.27. The van der Waals surface area contributed by atoms with Crippen molar-refractivity contribution in [3.05, 3.63) is 58.5 Å². The lowest BCUT2D eigenvalue weighted by Crippen LogP contribution is -2.22. The fraction of sp³-hybridized carbons (Fsp3) is 0.0667. The van der Waals surface area contributed by atoms with E-state index in [9.17, 15) is 0 Å². The van der Waals surface area contributed by atoms with Gasteiger partial charge in [-0.1, -0.05) is 36.9 Å². The third-order valence-electron chi connectivity index (χ3n) is 2.76. The lowest BCUT2D eigenvalue weighted by Gasteiger charge is -1.97. The van der Waals surface area contributed by atoms with Gasteiger partial charge in [0.05, 0.1) is 0 Å². The van der Waals surface area contributed by atoms with Crippen molar-refractivity contribution in [1.29, 1.82) is 0 Å². The molecule has 0 saturated heterocycles. The average molecular weight is 224 g/mol. The molecule has 0 bridgehead atoms. The zero-order valence-corrected chi connectivity index (χ0v) is 9.35. The summed E-state index contributed by atoms with van der Waals surface area (Å²) in [5.74, 6) is 1.57. The number of hydrogen-bond donors (Lipinski definition) is 0. The van der Waals surface area contributed by atoms with Gasteiger partial charge in [-0.3, -0.25) is 0 Å². The molecule has 0 N–H and O–H groups in total. The number of rotatable bonds is 1. The summed E-state index contributed by atoms with van der Waals surface area (Å²) < 4.78 is 10.7. The molecule has 17 heavy (non-hydrogen) atoms. The number of benzene rings is 2. The average Bonchev–Trinajstić information content (AvgIpc) is 2.78. The van der Waals surface area contributed by atoms with Gasteiger partial charge in [0.15, 0.2) is 11.5 Å². The minimum atomic E-state index is 0.295. The van der Waals surface area contributed by atoms with Gasteiger partial charge in [0.1, 0.15) is 0 Å². The first-order valence-corrected chi connectivity index (χ1v) is 5.48. The molecule has 3 rings (SSSR count). The van der Waals surface area contributed by atoms with Gasteiger partial charge in [0.25, 0.3) is 0 Å². The van der Waals surface area contributed by atoms with Crippen molar-refractivity contribution in [2.45, 2.75) is 0 Å². The third-order valence-corrected chi connectivity index (χ3v) is 2.76. The van der Waals surface area contributed by atoms with Crippen LogP contribution in [0.15, 0.2) is 42.5 Å². The van der Waals surface area contributed by atoms with Crippen LogP contribution in [0.2, 0.25) is 0 Å². The zero-order chi connectivity index (χ0) is 11.7. The van der Waals surface area contributed by atoms with Crippen LogP contribution in [-0.4, -0.2) is 6.79 Å². The Hall–Kier alpha value is -2.22. The molecule has 2 nitrogen and oxygen atoms in total. The van der Waals surface area contributed by atoms with E-state index in [-0.39, 0.29) is 0 Å². The molecule has 0 radical (unpaired) electrons. The Morgan fingerprint density at radius 1 is 1.00 bits per heavy atom. The van der Waals surface area contributed by atoms with E-state index in [1.54, 1.807) is 0 Å². The Labute approximate surface area is 99.4 Å². The van der Waals surface area contributed by atoms with E-state index >= 15 is 0 Å². The molecule has 1 aliphatic rings. The van der Waals surface area contributed by atoms with Gasteiger partial charge >= 0.3 is 0 Å². The highest BCUT2D eigenvalue weighted by atomic mass is 16.7. The van der Waals surface area contributed by atoms with Gasteiger partial charge in [0, 0.05) is 0 Å².